The van der Waals surface area contributed by atoms with Crippen molar-refractivity contribution in [2.75, 3.05) is 12.4 Å². The number of halogens is 3. The SMILES string of the molecule is COC(=O)C(NC(=O)c1ccc(C)cc1)(Nc1cc(C)ccn1)C(F)(F)F. The summed E-state index contributed by atoms with van der Waals surface area (Å²) in [4.78, 5) is 28.3. The number of anilines is 1. The number of aromatic nitrogens is 1. The van der Waals surface area contributed by atoms with Gasteiger partial charge in [-0.1, -0.05) is 17.7 Å². The van der Waals surface area contributed by atoms with E-state index in [0.29, 0.717) is 5.56 Å². The zero-order valence-corrected chi connectivity index (χ0v) is 14.8. The number of hydrogen-bond acceptors (Lipinski definition) is 5. The Morgan fingerprint density at radius 2 is 1.67 bits per heavy atom. The molecule has 1 heterocycles. The first-order valence-electron chi connectivity index (χ1n) is 7.84. The lowest BCUT2D eigenvalue weighted by Gasteiger charge is -2.34. The zero-order chi connectivity index (χ0) is 20.2. The summed E-state index contributed by atoms with van der Waals surface area (Å²) < 4.78 is 46.1. The number of carbonyl (C=O) groups excluding carboxylic acids is 2. The fourth-order valence-corrected chi connectivity index (χ4v) is 2.29. The molecule has 0 aliphatic carbocycles. The lowest BCUT2D eigenvalue weighted by atomic mass is 10.1. The van der Waals surface area contributed by atoms with Crippen LogP contribution in [0.1, 0.15) is 21.5 Å². The van der Waals surface area contributed by atoms with Crippen LogP contribution in [0.5, 0.6) is 0 Å². The van der Waals surface area contributed by atoms with Gasteiger partial charge in [0.25, 0.3) is 5.91 Å². The third-order valence-electron chi connectivity index (χ3n) is 3.76. The van der Waals surface area contributed by atoms with Gasteiger partial charge in [0.1, 0.15) is 5.82 Å². The van der Waals surface area contributed by atoms with Crippen LogP contribution in [0.3, 0.4) is 0 Å². The summed E-state index contributed by atoms with van der Waals surface area (Å²) in [7, 11) is 0.798. The summed E-state index contributed by atoms with van der Waals surface area (Å²) in [6.07, 6.45) is -3.94. The van der Waals surface area contributed by atoms with Gasteiger partial charge in [0, 0.05) is 11.8 Å². The average Bonchev–Trinajstić information content (AvgIpc) is 2.60. The van der Waals surface area contributed by atoms with Gasteiger partial charge < -0.3 is 15.4 Å². The molecule has 6 nitrogen and oxygen atoms in total. The first kappa shape index (κ1) is 20.2. The molecule has 2 rings (SSSR count). The number of nitrogens with zero attached hydrogens (tertiary/aromatic N) is 1. The highest BCUT2D eigenvalue weighted by Crippen LogP contribution is 2.33. The summed E-state index contributed by atoms with van der Waals surface area (Å²) in [5.41, 5.74) is -2.12. The standard InChI is InChI=1S/C18H18F3N3O3/c1-11-4-6-13(7-5-11)15(25)24-17(16(26)27-3,18(19,20)21)23-14-10-12(2)8-9-22-14/h4-10H,1-3H3,(H,22,23)(H,24,25). The number of methoxy groups -OCH3 is 1. The normalized spacial score (nSPS) is 13.4. The quantitative estimate of drug-likeness (QED) is 0.615. The fourth-order valence-electron chi connectivity index (χ4n) is 2.29. The molecule has 1 aromatic heterocycles. The van der Waals surface area contributed by atoms with Crippen molar-refractivity contribution in [1.82, 2.24) is 10.3 Å². The smallest absolute Gasteiger partial charge is 0.441 e. The highest BCUT2D eigenvalue weighted by molar-refractivity contribution is 5.99. The minimum atomic E-state index is -5.22. The molecule has 0 radical (unpaired) electrons. The molecule has 0 spiro atoms. The molecule has 1 unspecified atom stereocenters. The molecule has 0 fully saturated rings. The van der Waals surface area contributed by atoms with Crippen molar-refractivity contribution in [3.63, 3.8) is 0 Å². The number of pyridine rings is 1. The largest absolute Gasteiger partial charge is 0.466 e. The molecule has 1 atom stereocenters. The molecule has 9 heteroatoms. The molecule has 0 aliphatic rings. The van der Waals surface area contributed by atoms with Gasteiger partial charge in [-0.05, 0) is 43.7 Å². The molecule has 0 saturated heterocycles. The Morgan fingerprint density at radius 1 is 1.04 bits per heavy atom. The van der Waals surface area contributed by atoms with E-state index in [-0.39, 0.29) is 11.4 Å². The minimum Gasteiger partial charge on any atom is -0.466 e. The molecule has 2 aromatic rings. The Kier molecular flexibility index (Phi) is 5.72. The summed E-state index contributed by atoms with van der Waals surface area (Å²) >= 11 is 0. The van der Waals surface area contributed by atoms with Gasteiger partial charge in [-0.3, -0.25) is 4.79 Å². The molecular weight excluding hydrogens is 363 g/mol. The van der Waals surface area contributed by atoms with E-state index in [1.54, 1.807) is 37.4 Å². The number of rotatable bonds is 5. The highest BCUT2D eigenvalue weighted by Gasteiger charge is 2.63. The van der Waals surface area contributed by atoms with Gasteiger partial charge in [-0.15, -0.1) is 0 Å². The number of hydrogen-bond donors (Lipinski definition) is 2. The Balaban J connectivity index is 2.48. The Bertz CT molecular complexity index is 838. The summed E-state index contributed by atoms with van der Waals surface area (Å²) in [6.45, 7) is 3.41. The number of carbonyl (C=O) groups is 2. The molecular formula is C18H18F3N3O3. The van der Waals surface area contributed by atoms with Crippen LogP contribution in [-0.2, 0) is 9.53 Å². The number of aryl methyl sites for hydroxylation is 2. The van der Waals surface area contributed by atoms with Crippen molar-refractivity contribution in [2.24, 2.45) is 0 Å². The monoisotopic (exact) mass is 381 g/mol. The maximum absolute atomic E-state index is 13.9. The summed E-state index contributed by atoms with van der Waals surface area (Å²) in [5, 5.41) is 3.73. The van der Waals surface area contributed by atoms with Gasteiger partial charge in [0.15, 0.2) is 0 Å². The van der Waals surface area contributed by atoms with Crippen LogP contribution in [-0.4, -0.2) is 35.8 Å². The van der Waals surface area contributed by atoms with Crippen molar-refractivity contribution in [3.8, 4) is 0 Å². The van der Waals surface area contributed by atoms with Crippen molar-refractivity contribution in [1.29, 1.82) is 0 Å². The number of amides is 1. The number of benzene rings is 1. The second-order valence-corrected chi connectivity index (χ2v) is 5.90. The fraction of sp³-hybridized carbons (Fsp3) is 0.278. The predicted molar refractivity (Wildman–Crippen MR) is 92.0 cm³/mol. The Morgan fingerprint density at radius 3 is 2.19 bits per heavy atom. The van der Waals surface area contributed by atoms with E-state index in [2.05, 4.69) is 9.72 Å². The van der Waals surface area contributed by atoms with Crippen LogP contribution in [0.15, 0.2) is 42.6 Å². The van der Waals surface area contributed by atoms with Crippen molar-refractivity contribution in [3.05, 3.63) is 59.3 Å². The van der Waals surface area contributed by atoms with Gasteiger partial charge in [-0.25, -0.2) is 9.78 Å². The van der Waals surface area contributed by atoms with Crippen LogP contribution in [0.2, 0.25) is 0 Å². The summed E-state index contributed by atoms with van der Waals surface area (Å²) in [5.74, 6) is -3.07. The van der Waals surface area contributed by atoms with Gasteiger partial charge >= 0.3 is 17.8 Å². The Hall–Kier alpha value is -3.10. The Labute approximate surface area is 153 Å². The molecule has 27 heavy (non-hydrogen) atoms. The van der Waals surface area contributed by atoms with Gasteiger partial charge in [0.05, 0.1) is 7.11 Å². The van der Waals surface area contributed by atoms with Crippen LogP contribution in [0.4, 0.5) is 19.0 Å². The first-order chi connectivity index (χ1) is 12.6. The predicted octanol–water partition coefficient (Wildman–Crippen LogP) is 2.97. The van der Waals surface area contributed by atoms with Crippen molar-refractivity contribution in [2.45, 2.75) is 25.7 Å². The molecule has 0 aliphatic heterocycles. The molecule has 0 bridgehead atoms. The van der Waals surface area contributed by atoms with E-state index in [0.717, 1.165) is 12.7 Å². The maximum atomic E-state index is 13.9. The average molecular weight is 381 g/mol. The maximum Gasteiger partial charge on any atom is 0.441 e. The van der Waals surface area contributed by atoms with Crippen LogP contribution >= 0.6 is 0 Å². The van der Waals surface area contributed by atoms with E-state index in [9.17, 15) is 22.8 Å². The lowest BCUT2D eigenvalue weighted by Crippen LogP contribution is -2.69. The van der Waals surface area contributed by atoms with Crippen molar-refractivity contribution >= 4 is 17.7 Å². The summed E-state index contributed by atoms with van der Waals surface area (Å²) in [6, 6.07) is 8.72. The van der Waals surface area contributed by atoms with Crippen LogP contribution in [0, 0.1) is 13.8 Å². The number of ether oxygens (including phenoxy) is 1. The topological polar surface area (TPSA) is 80.3 Å². The molecule has 144 valence electrons. The molecule has 1 amide bonds. The van der Waals surface area contributed by atoms with Crippen molar-refractivity contribution < 1.29 is 27.5 Å². The lowest BCUT2D eigenvalue weighted by molar-refractivity contribution is -0.203. The molecule has 0 saturated carbocycles. The van der Waals surface area contributed by atoms with Gasteiger partial charge in [0.2, 0.25) is 0 Å². The van der Waals surface area contributed by atoms with E-state index in [1.807, 2.05) is 5.32 Å². The molecule has 1 aromatic carbocycles. The molecule has 2 N–H and O–H groups in total. The second-order valence-electron chi connectivity index (χ2n) is 5.90. The van der Waals surface area contributed by atoms with Crippen LogP contribution in [0.25, 0.3) is 0 Å². The third kappa shape index (κ3) is 4.36. The highest BCUT2D eigenvalue weighted by atomic mass is 19.4. The first-order valence-corrected chi connectivity index (χ1v) is 7.84. The number of nitrogens with one attached hydrogen (secondary N) is 2. The number of alkyl halides is 3. The van der Waals surface area contributed by atoms with E-state index < -0.39 is 23.7 Å². The number of esters is 1. The second kappa shape index (κ2) is 7.65. The van der Waals surface area contributed by atoms with E-state index in [4.69, 9.17) is 0 Å². The van der Waals surface area contributed by atoms with E-state index >= 15 is 0 Å². The van der Waals surface area contributed by atoms with Gasteiger partial charge in [-0.2, -0.15) is 13.2 Å². The minimum absolute atomic E-state index is 0.0443. The zero-order valence-electron chi connectivity index (χ0n) is 14.8. The van der Waals surface area contributed by atoms with Crippen LogP contribution < -0.4 is 10.6 Å². The third-order valence-corrected chi connectivity index (χ3v) is 3.76. The van der Waals surface area contributed by atoms with E-state index in [1.165, 1.54) is 24.4 Å².